The molecule has 0 aromatic heterocycles. The molecule has 0 bridgehead atoms. The van der Waals surface area contributed by atoms with Gasteiger partial charge in [0.15, 0.2) is 5.78 Å². The van der Waals surface area contributed by atoms with Crippen molar-refractivity contribution >= 4 is 17.6 Å². The van der Waals surface area contributed by atoms with Gasteiger partial charge in [-0.1, -0.05) is 57.2 Å². The lowest BCUT2D eigenvalue weighted by atomic mass is 9.86. The van der Waals surface area contributed by atoms with Crippen LogP contribution in [-0.4, -0.2) is 29.0 Å². The fourth-order valence-electron chi connectivity index (χ4n) is 3.34. The highest BCUT2D eigenvalue weighted by Crippen LogP contribution is 2.24. The van der Waals surface area contributed by atoms with Gasteiger partial charge < -0.3 is 5.73 Å². The number of amides is 2. The average Bonchev–Trinajstić information content (AvgIpc) is 2.92. The summed E-state index contributed by atoms with van der Waals surface area (Å²) >= 11 is 0. The Bertz CT molecular complexity index is 947. The first-order valence-electron chi connectivity index (χ1n) is 9.74. The molecule has 2 amide bonds. The second kappa shape index (κ2) is 8.03. The zero-order valence-electron chi connectivity index (χ0n) is 17.1. The Hall–Kier alpha value is -3.21. The van der Waals surface area contributed by atoms with Crippen LogP contribution in [0.25, 0.3) is 0 Å². The summed E-state index contributed by atoms with van der Waals surface area (Å²) in [5.41, 5.74) is 9.09. The van der Waals surface area contributed by atoms with Crippen molar-refractivity contribution < 1.29 is 14.4 Å². The quantitative estimate of drug-likeness (QED) is 0.458. The molecule has 0 radical (unpaired) electrons. The van der Waals surface area contributed by atoms with Crippen LogP contribution in [0.15, 0.2) is 60.3 Å². The highest BCUT2D eigenvalue weighted by atomic mass is 16.2. The highest BCUT2D eigenvalue weighted by molar-refractivity contribution is 6.21. The molecule has 5 heteroatoms. The molecule has 0 atom stereocenters. The minimum absolute atomic E-state index is 0.0283. The predicted molar refractivity (Wildman–Crippen MR) is 113 cm³/mol. The molecule has 3 rings (SSSR count). The molecule has 1 aliphatic rings. The van der Waals surface area contributed by atoms with Crippen molar-refractivity contribution in [3.63, 3.8) is 0 Å². The van der Waals surface area contributed by atoms with Gasteiger partial charge in [0.1, 0.15) is 0 Å². The van der Waals surface area contributed by atoms with Crippen LogP contribution in [0.3, 0.4) is 0 Å². The summed E-state index contributed by atoms with van der Waals surface area (Å²) in [6.45, 7) is 6.64. The molecule has 1 aliphatic heterocycles. The van der Waals surface area contributed by atoms with Gasteiger partial charge in [-0.05, 0) is 36.0 Å². The normalized spacial score (nSPS) is 14.3. The van der Waals surface area contributed by atoms with Crippen LogP contribution in [0.2, 0.25) is 0 Å². The number of fused-ring (bicyclic) bond motifs is 1. The van der Waals surface area contributed by atoms with Gasteiger partial charge in [-0.25, -0.2) is 0 Å². The smallest absolute Gasteiger partial charge is 0.261 e. The van der Waals surface area contributed by atoms with Gasteiger partial charge in [0.2, 0.25) is 0 Å². The molecule has 2 aromatic carbocycles. The van der Waals surface area contributed by atoms with E-state index in [-0.39, 0.29) is 29.6 Å². The van der Waals surface area contributed by atoms with Crippen molar-refractivity contribution in [2.45, 2.75) is 39.0 Å². The van der Waals surface area contributed by atoms with Crippen molar-refractivity contribution in [3.05, 3.63) is 82.6 Å². The third-order valence-corrected chi connectivity index (χ3v) is 5.08. The summed E-state index contributed by atoms with van der Waals surface area (Å²) in [6, 6.07) is 14.3. The van der Waals surface area contributed by atoms with Crippen LogP contribution < -0.4 is 5.73 Å². The Balaban J connectivity index is 1.56. The summed E-state index contributed by atoms with van der Waals surface area (Å²) in [4.78, 5) is 38.4. The van der Waals surface area contributed by atoms with E-state index in [2.05, 4.69) is 20.8 Å². The van der Waals surface area contributed by atoms with Gasteiger partial charge in [-0.3, -0.25) is 19.3 Å². The first kappa shape index (κ1) is 20.5. The Labute approximate surface area is 171 Å². The predicted octanol–water partition coefficient (Wildman–Crippen LogP) is 4.09. The summed E-state index contributed by atoms with van der Waals surface area (Å²) < 4.78 is 0. The van der Waals surface area contributed by atoms with E-state index in [4.69, 9.17) is 5.73 Å². The molecule has 5 nitrogen and oxygen atoms in total. The first-order chi connectivity index (χ1) is 13.7. The standard InChI is InChI=1S/C24H26N2O3/c1-24(2,3)17-12-10-16(11-13-17)21(27)15-18(25)7-6-14-26-22(28)19-8-4-5-9-20(19)23(26)29/h4-5,8-13,15H,6-7,14,25H2,1-3H3/b18-15-. The van der Waals surface area contributed by atoms with Crippen molar-refractivity contribution in [2.75, 3.05) is 6.54 Å². The van der Waals surface area contributed by atoms with Crippen LogP contribution in [0.1, 0.15) is 70.3 Å². The fraction of sp³-hybridized carbons (Fsp3) is 0.292. The SMILES string of the molecule is CC(C)(C)c1ccc(C(=O)/C=C(\N)CCCN2C(=O)c3ccccc3C2=O)cc1. The molecule has 0 saturated heterocycles. The van der Waals surface area contributed by atoms with Crippen molar-refractivity contribution in [1.29, 1.82) is 0 Å². The number of nitrogens with zero attached hydrogens (tertiary/aromatic N) is 1. The van der Waals surface area contributed by atoms with E-state index in [1.807, 2.05) is 24.3 Å². The van der Waals surface area contributed by atoms with Crippen LogP contribution in [0.4, 0.5) is 0 Å². The number of carbonyl (C=O) groups excluding carboxylic acids is 3. The molecule has 0 aliphatic carbocycles. The molecule has 0 fully saturated rings. The molecular weight excluding hydrogens is 364 g/mol. The molecule has 150 valence electrons. The van der Waals surface area contributed by atoms with E-state index < -0.39 is 0 Å². The van der Waals surface area contributed by atoms with E-state index in [1.165, 1.54) is 11.0 Å². The monoisotopic (exact) mass is 390 g/mol. The number of benzene rings is 2. The van der Waals surface area contributed by atoms with Crippen LogP contribution in [0, 0.1) is 0 Å². The van der Waals surface area contributed by atoms with Crippen LogP contribution in [-0.2, 0) is 5.41 Å². The zero-order valence-corrected chi connectivity index (χ0v) is 17.1. The Morgan fingerprint density at radius 3 is 2.03 bits per heavy atom. The third kappa shape index (κ3) is 4.45. The number of rotatable bonds is 6. The van der Waals surface area contributed by atoms with Gasteiger partial charge in [-0.15, -0.1) is 0 Å². The van der Waals surface area contributed by atoms with E-state index in [0.29, 0.717) is 35.2 Å². The lowest BCUT2D eigenvalue weighted by molar-refractivity contribution is 0.0652. The number of imide groups is 1. The second-order valence-electron chi connectivity index (χ2n) is 8.32. The minimum Gasteiger partial charge on any atom is -0.402 e. The summed E-state index contributed by atoms with van der Waals surface area (Å²) in [6.07, 6.45) is 2.36. The number of nitrogens with two attached hydrogens (primary N) is 1. The molecule has 1 heterocycles. The lowest BCUT2D eigenvalue weighted by Gasteiger charge is -2.18. The van der Waals surface area contributed by atoms with Crippen molar-refractivity contribution in [3.8, 4) is 0 Å². The first-order valence-corrected chi connectivity index (χ1v) is 9.74. The maximum atomic E-state index is 12.4. The van der Waals surface area contributed by atoms with Gasteiger partial charge >= 0.3 is 0 Å². The van der Waals surface area contributed by atoms with Gasteiger partial charge in [-0.2, -0.15) is 0 Å². The minimum atomic E-state index is -0.275. The van der Waals surface area contributed by atoms with Gasteiger partial charge in [0.05, 0.1) is 11.1 Å². The van der Waals surface area contributed by atoms with Crippen LogP contribution >= 0.6 is 0 Å². The molecule has 0 spiro atoms. The Morgan fingerprint density at radius 2 is 1.52 bits per heavy atom. The Morgan fingerprint density at radius 1 is 0.966 bits per heavy atom. The number of hydrogen-bond acceptors (Lipinski definition) is 4. The van der Waals surface area contributed by atoms with Gasteiger partial charge in [0.25, 0.3) is 11.8 Å². The highest BCUT2D eigenvalue weighted by Gasteiger charge is 2.34. The lowest BCUT2D eigenvalue weighted by Crippen LogP contribution is -2.30. The summed E-state index contributed by atoms with van der Waals surface area (Å²) in [7, 11) is 0. The van der Waals surface area contributed by atoms with E-state index >= 15 is 0 Å². The zero-order chi connectivity index (χ0) is 21.2. The number of allylic oxidation sites excluding steroid dienone is 2. The number of ketones is 1. The topological polar surface area (TPSA) is 80.5 Å². The average molecular weight is 390 g/mol. The summed E-state index contributed by atoms with van der Waals surface area (Å²) in [5, 5.41) is 0. The summed E-state index contributed by atoms with van der Waals surface area (Å²) in [5.74, 6) is -0.699. The largest absolute Gasteiger partial charge is 0.402 e. The molecule has 0 unspecified atom stereocenters. The van der Waals surface area contributed by atoms with E-state index in [1.54, 1.807) is 24.3 Å². The molecular formula is C24H26N2O3. The molecule has 2 N–H and O–H groups in total. The number of carbonyl (C=O) groups is 3. The molecule has 0 saturated carbocycles. The maximum absolute atomic E-state index is 12.4. The fourth-order valence-corrected chi connectivity index (χ4v) is 3.34. The second-order valence-corrected chi connectivity index (χ2v) is 8.32. The van der Waals surface area contributed by atoms with Crippen molar-refractivity contribution in [1.82, 2.24) is 4.90 Å². The maximum Gasteiger partial charge on any atom is 0.261 e. The van der Waals surface area contributed by atoms with Crippen LogP contribution in [0.5, 0.6) is 0 Å². The van der Waals surface area contributed by atoms with Crippen molar-refractivity contribution in [2.24, 2.45) is 5.73 Å². The Kier molecular flexibility index (Phi) is 5.69. The third-order valence-electron chi connectivity index (χ3n) is 5.08. The molecule has 2 aromatic rings. The number of hydrogen-bond donors (Lipinski definition) is 1. The molecule has 29 heavy (non-hydrogen) atoms. The van der Waals surface area contributed by atoms with E-state index in [9.17, 15) is 14.4 Å². The van der Waals surface area contributed by atoms with E-state index in [0.717, 1.165) is 5.56 Å². The van der Waals surface area contributed by atoms with Gasteiger partial charge in [0, 0.05) is 23.9 Å².